The first-order valence-electron chi connectivity index (χ1n) is 7.75. The molecule has 4 N–H and O–H groups in total. The van der Waals surface area contributed by atoms with Crippen molar-refractivity contribution in [2.45, 2.75) is 31.8 Å². The van der Waals surface area contributed by atoms with Gasteiger partial charge in [0.25, 0.3) is 5.91 Å². The molecule has 0 bridgehead atoms. The summed E-state index contributed by atoms with van der Waals surface area (Å²) in [7, 11) is 0. The Morgan fingerprint density at radius 1 is 1.35 bits per heavy atom. The number of carbonyl (C=O) groups excluding carboxylic acids is 1. The third-order valence-electron chi connectivity index (χ3n) is 4.58. The fourth-order valence-electron chi connectivity index (χ4n) is 3.51. The van der Waals surface area contributed by atoms with Crippen LogP contribution in [0.25, 0.3) is 10.4 Å². The first kappa shape index (κ1) is 16.3. The van der Waals surface area contributed by atoms with Crippen LogP contribution in [-0.4, -0.2) is 18.5 Å². The summed E-state index contributed by atoms with van der Waals surface area (Å²) >= 11 is 1.55. The van der Waals surface area contributed by atoms with Gasteiger partial charge in [0.15, 0.2) is 0 Å². The Balaban J connectivity index is 0.00000156. The van der Waals surface area contributed by atoms with Crippen LogP contribution in [0, 0.1) is 0 Å². The molecule has 1 unspecified atom stereocenters. The molecule has 2 aliphatic heterocycles. The number of fused-ring (bicyclic) bond motifs is 3. The summed E-state index contributed by atoms with van der Waals surface area (Å²) in [6.45, 7) is 1.85. The molecule has 23 heavy (non-hydrogen) atoms. The average Bonchev–Trinajstić information content (AvgIpc) is 3.16. The van der Waals surface area contributed by atoms with Gasteiger partial charge in [-0.2, -0.15) is 0 Å². The summed E-state index contributed by atoms with van der Waals surface area (Å²) in [6.07, 6.45) is 3.28. The van der Waals surface area contributed by atoms with Crippen molar-refractivity contribution in [1.82, 2.24) is 5.32 Å². The number of nitrogens with two attached hydrogens (primary N) is 1. The van der Waals surface area contributed by atoms with Crippen LogP contribution in [0.2, 0.25) is 0 Å². The topological polar surface area (TPSA) is 67.2 Å². The minimum atomic E-state index is -0.301. The van der Waals surface area contributed by atoms with E-state index in [2.05, 4.69) is 22.8 Å². The van der Waals surface area contributed by atoms with Gasteiger partial charge in [-0.1, -0.05) is 18.2 Å². The van der Waals surface area contributed by atoms with Crippen LogP contribution in [0.4, 0.5) is 5.69 Å². The molecule has 1 aromatic carbocycles. The second-order valence-electron chi connectivity index (χ2n) is 5.98. The lowest BCUT2D eigenvalue weighted by Gasteiger charge is -2.20. The number of halogens is 1. The van der Waals surface area contributed by atoms with E-state index in [1.54, 1.807) is 11.3 Å². The quantitative estimate of drug-likeness (QED) is 0.797. The molecule has 0 aliphatic carbocycles. The van der Waals surface area contributed by atoms with Gasteiger partial charge >= 0.3 is 0 Å². The van der Waals surface area contributed by atoms with Gasteiger partial charge in [-0.25, -0.2) is 0 Å². The number of hydrogen-bond acceptors (Lipinski definition) is 4. The second-order valence-corrected chi connectivity index (χ2v) is 7.00. The van der Waals surface area contributed by atoms with Crippen LogP contribution in [-0.2, 0) is 13.0 Å². The summed E-state index contributed by atoms with van der Waals surface area (Å²) < 4.78 is 0. The first-order chi connectivity index (χ1) is 10.7. The van der Waals surface area contributed by atoms with Crippen LogP contribution < -0.4 is 16.4 Å². The van der Waals surface area contributed by atoms with E-state index >= 15 is 0 Å². The largest absolute Gasteiger partial charge is 0.380 e. The third-order valence-corrected chi connectivity index (χ3v) is 5.90. The minimum Gasteiger partial charge on any atom is -0.380 e. The van der Waals surface area contributed by atoms with Crippen LogP contribution in [0.15, 0.2) is 24.3 Å². The normalized spacial score (nSPS) is 18.5. The monoisotopic (exact) mass is 349 g/mol. The maximum atomic E-state index is 11.9. The lowest BCUT2D eigenvalue weighted by Crippen LogP contribution is -2.25. The molecule has 1 amide bonds. The molecular formula is C17H20ClN3OS. The smallest absolute Gasteiger partial charge is 0.259 e. The van der Waals surface area contributed by atoms with Gasteiger partial charge < -0.3 is 16.4 Å². The van der Waals surface area contributed by atoms with Gasteiger partial charge in [-0.3, -0.25) is 4.79 Å². The van der Waals surface area contributed by atoms with Crippen molar-refractivity contribution in [2.75, 3.05) is 11.9 Å². The van der Waals surface area contributed by atoms with Crippen molar-refractivity contribution in [3.05, 3.63) is 40.3 Å². The van der Waals surface area contributed by atoms with Gasteiger partial charge in [0.05, 0.1) is 4.88 Å². The van der Waals surface area contributed by atoms with Crippen molar-refractivity contribution in [3.63, 3.8) is 0 Å². The molecule has 0 saturated carbocycles. The molecule has 2 aliphatic rings. The number of para-hydroxylation sites is 1. The maximum absolute atomic E-state index is 11.9. The summed E-state index contributed by atoms with van der Waals surface area (Å²) in [6, 6.07) is 8.73. The molecule has 6 heteroatoms. The molecule has 4 rings (SSSR count). The van der Waals surface area contributed by atoms with E-state index in [1.807, 2.05) is 12.1 Å². The average molecular weight is 350 g/mol. The van der Waals surface area contributed by atoms with Gasteiger partial charge in [-0.15, -0.1) is 23.7 Å². The van der Waals surface area contributed by atoms with E-state index in [9.17, 15) is 4.79 Å². The number of nitrogens with one attached hydrogen (secondary N) is 2. The summed E-state index contributed by atoms with van der Waals surface area (Å²) in [5, 5.41) is 6.99. The fraction of sp³-hybridized carbons (Fsp3) is 0.353. The third kappa shape index (κ3) is 2.84. The van der Waals surface area contributed by atoms with Crippen molar-refractivity contribution >= 4 is 35.3 Å². The Morgan fingerprint density at radius 3 is 2.91 bits per heavy atom. The van der Waals surface area contributed by atoms with Gasteiger partial charge in [0, 0.05) is 28.7 Å². The summed E-state index contributed by atoms with van der Waals surface area (Å²) in [5.74, 6) is -0.301. The zero-order chi connectivity index (χ0) is 15.1. The lowest BCUT2D eigenvalue weighted by molar-refractivity contribution is 0.100. The van der Waals surface area contributed by atoms with E-state index in [0.717, 1.165) is 35.6 Å². The predicted molar refractivity (Wildman–Crippen MR) is 97.6 cm³/mol. The fourth-order valence-corrected chi connectivity index (χ4v) is 4.76. The van der Waals surface area contributed by atoms with E-state index in [1.165, 1.54) is 28.8 Å². The number of benzene rings is 1. The Bertz CT molecular complexity index is 737. The predicted octanol–water partition coefficient (Wildman–Crippen LogP) is 3.16. The van der Waals surface area contributed by atoms with Crippen molar-refractivity contribution in [1.29, 1.82) is 0 Å². The molecule has 2 aromatic rings. The number of thiophene rings is 1. The van der Waals surface area contributed by atoms with E-state index in [4.69, 9.17) is 5.73 Å². The molecule has 3 heterocycles. The highest BCUT2D eigenvalue weighted by Gasteiger charge is 2.28. The van der Waals surface area contributed by atoms with Crippen molar-refractivity contribution < 1.29 is 4.79 Å². The number of carbonyl (C=O) groups is 1. The molecule has 4 nitrogen and oxygen atoms in total. The number of amides is 1. The molecule has 1 saturated heterocycles. The molecular weight excluding hydrogens is 330 g/mol. The second kappa shape index (κ2) is 6.51. The molecule has 1 fully saturated rings. The van der Waals surface area contributed by atoms with Gasteiger partial charge in [0.2, 0.25) is 0 Å². The molecule has 0 spiro atoms. The molecule has 0 radical (unpaired) electrons. The van der Waals surface area contributed by atoms with Crippen molar-refractivity contribution in [3.8, 4) is 10.4 Å². The minimum absolute atomic E-state index is 0. The number of hydrogen-bond donors (Lipinski definition) is 3. The first-order valence-corrected chi connectivity index (χ1v) is 8.56. The molecule has 122 valence electrons. The molecule has 1 atom stereocenters. The van der Waals surface area contributed by atoms with Crippen LogP contribution in [0.3, 0.4) is 0 Å². The highest BCUT2D eigenvalue weighted by molar-refractivity contribution is 7.17. The zero-order valence-electron chi connectivity index (χ0n) is 12.7. The van der Waals surface area contributed by atoms with Gasteiger partial charge in [-0.05, 0) is 43.0 Å². The Hall–Kier alpha value is -1.56. The number of primary amides is 1. The summed E-state index contributed by atoms with van der Waals surface area (Å²) in [5.41, 5.74) is 10.4. The SMILES string of the molecule is Cl.NC(=O)c1sc2c(c1CC1CCCN1)CNc1ccccc1-2. The lowest BCUT2D eigenvalue weighted by atomic mass is 9.95. The Morgan fingerprint density at radius 2 is 2.17 bits per heavy atom. The Kier molecular flexibility index (Phi) is 4.62. The van der Waals surface area contributed by atoms with Crippen molar-refractivity contribution in [2.24, 2.45) is 5.73 Å². The van der Waals surface area contributed by atoms with E-state index in [-0.39, 0.29) is 18.3 Å². The van der Waals surface area contributed by atoms with Crippen LogP contribution in [0.1, 0.15) is 33.6 Å². The zero-order valence-corrected chi connectivity index (χ0v) is 14.4. The van der Waals surface area contributed by atoms with Gasteiger partial charge in [0.1, 0.15) is 0 Å². The van der Waals surface area contributed by atoms with Crippen LogP contribution in [0.5, 0.6) is 0 Å². The highest BCUT2D eigenvalue weighted by atomic mass is 35.5. The van der Waals surface area contributed by atoms with E-state index in [0.29, 0.717) is 6.04 Å². The highest BCUT2D eigenvalue weighted by Crippen LogP contribution is 2.44. The standard InChI is InChI=1S/C17H19N3OS.ClH/c18-17(21)16-12(8-10-4-3-7-19-10)13-9-20-14-6-2-1-5-11(14)15(13)22-16;/h1-2,5-6,10,19-20H,3-4,7-9H2,(H2,18,21);1H. The molecule has 1 aromatic heterocycles. The number of rotatable bonds is 3. The van der Waals surface area contributed by atoms with Crippen LogP contribution >= 0.6 is 23.7 Å². The maximum Gasteiger partial charge on any atom is 0.259 e. The number of anilines is 1. The van der Waals surface area contributed by atoms with E-state index < -0.39 is 0 Å². The Labute approximate surface area is 145 Å². The summed E-state index contributed by atoms with van der Waals surface area (Å²) in [4.78, 5) is 13.9.